The topological polar surface area (TPSA) is 66.4 Å². The molecule has 0 heterocycles. The van der Waals surface area contributed by atoms with Gasteiger partial charge < -0.3 is 10.4 Å². The second kappa shape index (κ2) is 6.71. The normalized spacial score (nSPS) is 27.9. The average molecular weight is 263 g/mol. The van der Waals surface area contributed by atoms with E-state index in [1.54, 1.807) is 6.92 Å². The van der Waals surface area contributed by atoms with Gasteiger partial charge in [-0.15, -0.1) is 0 Å². The van der Waals surface area contributed by atoms with E-state index in [0.717, 1.165) is 45.1 Å². The highest BCUT2D eigenvalue weighted by Gasteiger charge is 2.28. The first-order valence-electron chi connectivity index (χ1n) is 6.50. The van der Waals surface area contributed by atoms with Crippen LogP contribution in [0.4, 0.5) is 0 Å². The third-order valence-electron chi connectivity index (χ3n) is 3.46. The maximum Gasteiger partial charge on any atom is 0.150 e. The molecule has 1 aliphatic rings. The fourth-order valence-corrected chi connectivity index (χ4v) is 3.60. The molecular weight excluding hydrogens is 238 g/mol. The Balaban J connectivity index is 2.26. The number of sulfone groups is 1. The van der Waals surface area contributed by atoms with Crippen molar-refractivity contribution in [3.63, 3.8) is 0 Å². The number of rotatable bonds is 6. The van der Waals surface area contributed by atoms with Crippen LogP contribution in [0.2, 0.25) is 0 Å². The third kappa shape index (κ3) is 5.84. The summed E-state index contributed by atoms with van der Waals surface area (Å²) in [5, 5.41) is 12.4. The van der Waals surface area contributed by atoms with Crippen molar-refractivity contribution in [2.75, 3.05) is 12.8 Å². The van der Waals surface area contributed by atoms with Gasteiger partial charge in [-0.2, -0.15) is 0 Å². The van der Waals surface area contributed by atoms with Crippen LogP contribution in [-0.2, 0) is 9.84 Å². The van der Waals surface area contributed by atoms with E-state index in [2.05, 4.69) is 5.32 Å². The summed E-state index contributed by atoms with van der Waals surface area (Å²) in [6.45, 7) is 2.66. The molecule has 3 atom stereocenters. The summed E-state index contributed by atoms with van der Waals surface area (Å²) in [5.74, 6) is 0. The Labute approximate surface area is 105 Å². The number of hydrogen-bond acceptors (Lipinski definition) is 4. The van der Waals surface area contributed by atoms with Crippen LogP contribution in [0.25, 0.3) is 0 Å². The summed E-state index contributed by atoms with van der Waals surface area (Å²) in [5.41, 5.74) is 0. The Morgan fingerprint density at radius 2 is 2.12 bits per heavy atom. The first-order valence-corrected chi connectivity index (χ1v) is 8.45. The minimum atomic E-state index is -2.88. The summed E-state index contributed by atoms with van der Waals surface area (Å²) >= 11 is 0. The lowest BCUT2D eigenvalue weighted by atomic mass is 9.95. The molecule has 1 fully saturated rings. The maximum absolute atomic E-state index is 11.5. The Bertz CT molecular complexity index is 314. The zero-order valence-electron chi connectivity index (χ0n) is 10.9. The molecule has 0 radical (unpaired) electrons. The van der Waals surface area contributed by atoms with Crippen LogP contribution in [0.3, 0.4) is 0 Å². The minimum Gasteiger partial charge on any atom is -0.393 e. The van der Waals surface area contributed by atoms with Crippen molar-refractivity contribution in [2.24, 2.45) is 0 Å². The van der Waals surface area contributed by atoms with E-state index in [1.807, 2.05) is 0 Å². The van der Waals surface area contributed by atoms with Crippen LogP contribution in [0.5, 0.6) is 0 Å². The SMILES string of the molecule is CC(O)CCCNC1CCCC(S(C)(=O)=O)C1. The molecule has 0 aromatic carbocycles. The predicted molar refractivity (Wildman–Crippen MR) is 69.8 cm³/mol. The second-order valence-corrected chi connectivity index (χ2v) is 7.59. The first kappa shape index (κ1) is 14.9. The van der Waals surface area contributed by atoms with Gasteiger partial charge in [0.15, 0.2) is 0 Å². The van der Waals surface area contributed by atoms with Crippen LogP contribution in [0, 0.1) is 0 Å². The lowest BCUT2D eigenvalue weighted by molar-refractivity contribution is 0.180. The number of hydrogen-bond donors (Lipinski definition) is 2. The molecule has 5 heteroatoms. The highest BCUT2D eigenvalue weighted by Crippen LogP contribution is 2.23. The number of aliphatic hydroxyl groups excluding tert-OH is 1. The molecule has 0 aromatic rings. The van der Waals surface area contributed by atoms with Crippen LogP contribution < -0.4 is 5.32 Å². The summed E-state index contributed by atoms with van der Waals surface area (Å²) in [6.07, 6.45) is 6.46. The quantitative estimate of drug-likeness (QED) is 0.704. The van der Waals surface area contributed by atoms with E-state index in [9.17, 15) is 8.42 Å². The molecule has 0 spiro atoms. The molecule has 2 N–H and O–H groups in total. The van der Waals surface area contributed by atoms with Crippen molar-refractivity contribution in [1.29, 1.82) is 0 Å². The zero-order valence-corrected chi connectivity index (χ0v) is 11.7. The number of nitrogens with one attached hydrogen (secondary N) is 1. The molecule has 0 bridgehead atoms. The molecular formula is C12H25NO3S. The second-order valence-electron chi connectivity index (χ2n) is 5.26. The van der Waals surface area contributed by atoms with E-state index < -0.39 is 9.84 Å². The minimum absolute atomic E-state index is 0.162. The number of aliphatic hydroxyl groups is 1. The van der Waals surface area contributed by atoms with E-state index in [0.29, 0.717) is 6.04 Å². The summed E-state index contributed by atoms with van der Waals surface area (Å²) in [6, 6.07) is 0.331. The van der Waals surface area contributed by atoms with Crippen molar-refractivity contribution in [2.45, 2.75) is 62.8 Å². The van der Waals surface area contributed by atoms with Crippen LogP contribution in [0.15, 0.2) is 0 Å². The van der Waals surface area contributed by atoms with Gasteiger partial charge in [-0.1, -0.05) is 6.42 Å². The molecule has 0 saturated heterocycles. The van der Waals surface area contributed by atoms with E-state index in [4.69, 9.17) is 5.11 Å². The lowest BCUT2D eigenvalue weighted by Gasteiger charge is -2.28. The van der Waals surface area contributed by atoms with E-state index >= 15 is 0 Å². The van der Waals surface area contributed by atoms with Crippen molar-refractivity contribution in [3.8, 4) is 0 Å². The van der Waals surface area contributed by atoms with Gasteiger partial charge >= 0.3 is 0 Å². The molecule has 0 amide bonds. The Morgan fingerprint density at radius 3 is 2.71 bits per heavy atom. The molecule has 3 unspecified atom stereocenters. The summed E-state index contributed by atoms with van der Waals surface area (Å²) < 4.78 is 23.0. The van der Waals surface area contributed by atoms with Crippen LogP contribution in [0.1, 0.15) is 45.4 Å². The molecule has 1 rings (SSSR count). The smallest absolute Gasteiger partial charge is 0.150 e. The van der Waals surface area contributed by atoms with Gasteiger partial charge in [-0.05, 0) is 45.6 Å². The van der Waals surface area contributed by atoms with Crippen molar-refractivity contribution >= 4 is 9.84 Å². The summed E-state index contributed by atoms with van der Waals surface area (Å²) in [4.78, 5) is 0. The lowest BCUT2D eigenvalue weighted by Crippen LogP contribution is -2.39. The summed E-state index contributed by atoms with van der Waals surface area (Å²) in [7, 11) is -2.88. The molecule has 17 heavy (non-hydrogen) atoms. The fourth-order valence-electron chi connectivity index (χ4n) is 2.42. The average Bonchev–Trinajstić information content (AvgIpc) is 2.23. The standard InChI is InChI=1S/C12H25NO3S/c1-10(14)5-4-8-13-11-6-3-7-12(9-11)17(2,15)16/h10-14H,3-9H2,1-2H3. The van der Waals surface area contributed by atoms with Gasteiger partial charge in [0.25, 0.3) is 0 Å². The van der Waals surface area contributed by atoms with Gasteiger partial charge in [0.2, 0.25) is 0 Å². The van der Waals surface area contributed by atoms with Gasteiger partial charge in [-0.25, -0.2) is 8.42 Å². The van der Waals surface area contributed by atoms with Crippen molar-refractivity contribution in [3.05, 3.63) is 0 Å². The Morgan fingerprint density at radius 1 is 1.41 bits per heavy atom. The van der Waals surface area contributed by atoms with Gasteiger partial charge in [-0.3, -0.25) is 0 Å². The maximum atomic E-state index is 11.5. The predicted octanol–water partition coefficient (Wildman–Crippen LogP) is 1.09. The first-order chi connectivity index (χ1) is 7.89. The molecule has 1 saturated carbocycles. The van der Waals surface area contributed by atoms with Gasteiger partial charge in [0.1, 0.15) is 9.84 Å². The fraction of sp³-hybridized carbons (Fsp3) is 1.00. The largest absolute Gasteiger partial charge is 0.393 e. The van der Waals surface area contributed by atoms with Gasteiger partial charge in [0, 0.05) is 12.3 Å². The molecule has 0 aromatic heterocycles. The van der Waals surface area contributed by atoms with E-state index in [-0.39, 0.29) is 11.4 Å². The molecule has 0 aliphatic heterocycles. The van der Waals surface area contributed by atoms with Crippen LogP contribution in [-0.4, -0.2) is 43.7 Å². The highest BCUT2D eigenvalue weighted by atomic mass is 32.2. The zero-order chi connectivity index (χ0) is 12.9. The van der Waals surface area contributed by atoms with Crippen molar-refractivity contribution < 1.29 is 13.5 Å². The Hall–Kier alpha value is -0.130. The molecule has 102 valence electrons. The Kier molecular flexibility index (Phi) is 5.89. The van der Waals surface area contributed by atoms with E-state index in [1.165, 1.54) is 6.26 Å². The monoisotopic (exact) mass is 263 g/mol. The highest BCUT2D eigenvalue weighted by molar-refractivity contribution is 7.91. The van der Waals surface area contributed by atoms with Gasteiger partial charge in [0.05, 0.1) is 11.4 Å². The van der Waals surface area contributed by atoms with Crippen LogP contribution >= 0.6 is 0 Å². The van der Waals surface area contributed by atoms with Crippen molar-refractivity contribution in [1.82, 2.24) is 5.32 Å². The molecule has 4 nitrogen and oxygen atoms in total. The molecule has 1 aliphatic carbocycles. The third-order valence-corrected chi connectivity index (χ3v) is 5.10.